The van der Waals surface area contributed by atoms with Crippen molar-refractivity contribution in [3.63, 3.8) is 0 Å². The minimum atomic E-state index is -0.538. The molecule has 112 valence electrons. The number of amides is 1. The maximum absolute atomic E-state index is 11.3. The molecule has 4 rings (SSSR count). The van der Waals surface area contributed by atoms with Crippen LogP contribution in [0.1, 0.15) is 30.6 Å². The minimum Gasteiger partial charge on any atom is -0.490 e. The lowest BCUT2D eigenvalue weighted by molar-refractivity contribution is 0.0207. The third kappa shape index (κ3) is 1.97. The molecule has 0 aromatic heterocycles. The Bertz CT molecular complexity index is 594. The molecule has 1 spiro atoms. The molecule has 1 aromatic rings. The fourth-order valence-electron chi connectivity index (χ4n) is 2.96. The van der Waals surface area contributed by atoms with E-state index < -0.39 is 11.6 Å². The third-order valence-electron chi connectivity index (χ3n) is 4.17. The van der Waals surface area contributed by atoms with Gasteiger partial charge in [-0.15, -0.1) is 0 Å². The first-order chi connectivity index (χ1) is 10.2. The molecule has 2 saturated heterocycles. The van der Waals surface area contributed by atoms with Gasteiger partial charge in [-0.25, -0.2) is 4.79 Å². The van der Waals surface area contributed by atoms with Crippen LogP contribution >= 0.6 is 0 Å². The number of carbonyl (C=O) groups is 1. The minimum absolute atomic E-state index is 0.0121. The zero-order valence-electron chi connectivity index (χ0n) is 11.6. The number of ether oxygens (including phenoxy) is 2. The van der Waals surface area contributed by atoms with Gasteiger partial charge in [0, 0.05) is 5.56 Å². The summed E-state index contributed by atoms with van der Waals surface area (Å²) in [6.07, 6.45) is 0.443. The van der Waals surface area contributed by atoms with Gasteiger partial charge in [-0.05, 0) is 18.1 Å². The predicted molar refractivity (Wildman–Crippen MR) is 72.3 cm³/mol. The van der Waals surface area contributed by atoms with Crippen LogP contribution in [0.5, 0.6) is 5.75 Å². The molecular weight excluding hydrogens is 274 g/mol. The molecule has 7 heteroatoms. The van der Waals surface area contributed by atoms with Crippen molar-refractivity contribution in [1.29, 1.82) is 0 Å². The number of alkyl carbamates (subject to hydrolysis) is 1. The van der Waals surface area contributed by atoms with Gasteiger partial charge >= 0.3 is 6.09 Å². The summed E-state index contributed by atoms with van der Waals surface area (Å²) in [6, 6.07) is 5.96. The summed E-state index contributed by atoms with van der Waals surface area (Å²) in [5, 5.41) is 6.18. The SMILES string of the molecule is CCC1NC(c2ccc3c(c2)OC[C@@]32COC(=O)N2)NO1. The second-order valence-electron chi connectivity index (χ2n) is 5.56. The highest BCUT2D eigenvalue weighted by atomic mass is 16.7. The number of rotatable bonds is 2. The van der Waals surface area contributed by atoms with E-state index in [1.54, 1.807) is 0 Å². The van der Waals surface area contributed by atoms with Crippen LogP contribution in [0.4, 0.5) is 4.79 Å². The maximum atomic E-state index is 11.3. The Labute approximate surface area is 121 Å². The molecule has 1 aromatic carbocycles. The molecule has 0 bridgehead atoms. The highest BCUT2D eigenvalue weighted by molar-refractivity contribution is 5.72. The highest BCUT2D eigenvalue weighted by Gasteiger charge is 2.48. The molecule has 2 unspecified atom stereocenters. The van der Waals surface area contributed by atoms with E-state index in [9.17, 15) is 4.79 Å². The molecule has 3 aliphatic heterocycles. The van der Waals surface area contributed by atoms with Gasteiger partial charge in [0.15, 0.2) is 0 Å². The van der Waals surface area contributed by atoms with E-state index in [4.69, 9.17) is 14.3 Å². The Kier molecular flexibility index (Phi) is 2.81. The fourth-order valence-corrected chi connectivity index (χ4v) is 2.96. The van der Waals surface area contributed by atoms with Crippen LogP contribution in [0.3, 0.4) is 0 Å². The number of fused-ring (bicyclic) bond motifs is 2. The van der Waals surface area contributed by atoms with Crippen LogP contribution in [-0.4, -0.2) is 25.5 Å². The van der Waals surface area contributed by atoms with Gasteiger partial charge in [-0.3, -0.25) is 10.2 Å². The molecule has 0 radical (unpaired) electrons. The van der Waals surface area contributed by atoms with E-state index in [0.29, 0.717) is 13.2 Å². The second kappa shape index (κ2) is 4.59. The van der Waals surface area contributed by atoms with Gasteiger partial charge in [-0.1, -0.05) is 19.1 Å². The molecule has 2 fully saturated rings. The Morgan fingerprint density at radius 3 is 2.90 bits per heavy atom. The second-order valence-corrected chi connectivity index (χ2v) is 5.56. The van der Waals surface area contributed by atoms with Crippen molar-refractivity contribution in [2.24, 2.45) is 0 Å². The van der Waals surface area contributed by atoms with Gasteiger partial charge < -0.3 is 14.8 Å². The molecule has 3 heterocycles. The first-order valence-corrected chi connectivity index (χ1v) is 7.09. The number of cyclic esters (lactones) is 1. The number of carbonyl (C=O) groups excluding carboxylic acids is 1. The summed E-state index contributed by atoms with van der Waals surface area (Å²) in [5.74, 6) is 0.779. The molecule has 0 aliphatic carbocycles. The van der Waals surface area contributed by atoms with E-state index in [1.807, 2.05) is 18.2 Å². The van der Waals surface area contributed by atoms with Gasteiger partial charge in [0.1, 0.15) is 36.9 Å². The number of benzene rings is 1. The maximum Gasteiger partial charge on any atom is 0.408 e. The summed E-state index contributed by atoms with van der Waals surface area (Å²) < 4.78 is 10.8. The lowest BCUT2D eigenvalue weighted by Crippen LogP contribution is -2.41. The predicted octanol–water partition coefficient (Wildman–Crippen LogP) is 0.873. The van der Waals surface area contributed by atoms with Crippen molar-refractivity contribution in [2.45, 2.75) is 31.3 Å². The van der Waals surface area contributed by atoms with Crippen molar-refractivity contribution in [3.8, 4) is 5.75 Å². The first-order valence-electron chi connectivity index (χ1n) is 7.09. The quantitative estimate of drug-likeness (QED) is 0.750. The van der Waals surface area contributed by atoms with E-state index >= 15 is 0 Å². The van der Waals surface area contributed by atoms with Crippen molar-refractivity contribution >= 4 is 6.09 Å². The lowest BCUT2D eigenvalue weighted by atomic mass is 9.92. The average molecular weight is 291 g/mol. The number of hydroxylamine groups is 1. The summed E-state index contributed by atoms with van der Waals surface area (Å²) in [7, 11) is 0. The van der Waals surface area contributed by atoms with E-state index in [2.05, 4.69) is 23.0 Å². The standard InChI is InChI=1S/C14H17N3O4/c1-2-11-15-12(17-21-11)8-3-4-9-10(5-8)19-6-14(9)7-20-13(18)16-14/h3-5,11-12,15,17H,2,6-7H2,1H3,(H,16,18)/t11?,12?,14-/m1/s1. The zero-order valence-corrected chi connectivity index (χ0v) is 11.6. The molecule has 0 saturated carbocycles. The van der Waals surface area contributed by atoms with Crippen LogP contribution in [0.25, 0.3) is 0 Å². The Morgan fingerprint density at radius 2 is 2.19 bits per heavy atom. The summed E-state index contributed by atoms with van der Waals surface area (Å²) >= 11 is 0. The Hall–Kier alpha value is -1.83. The molecule has 3 aliphatic rings. The van der Waals surface area contributed by atoms with Crippen molar-refractivity contribution < 1.29 is 19.1 Å². The molecule has 3 N–H and O–H groups in total. The van der Waals surface area contributed by atoms with Gasteiger partial charge in [0.05, 0.1) is 0 Å². The Balaban J connectivity index is 1.60. The summed E-state index contributed by atoms with van der Waals surface area (Å²) in [5.41, 5.74) is 4.43. The van der Waals surface area contributed by atoms with Gasteiger partial charge in [0.25, 0.3) is 0 Å². The largest absolute Gasteiger partial charge is 0.490 e. The molecule has 3 atom stereocenters. The highest BCUT2D eigenvalue weighted by Crippen LogP contribution is 2.40. The average Bonchev–Trinajstić information content (AvgIpc) is 3.19. The van der Waals surface area contributed by atoms with Crippen LogP contribution in [0.15, 0.2) is 18.2 Å². The van der Waals surface area contributed by atoms with Crippen molar-refractivity contribution in [3.05, 3.63) is 29.3 Å². The van der Waals surface area contributed by atoms with Crippen LogP contribution < -0.4 is 20.9 Å². The smallest absolute Gasteiger partial charge is 0.408 e. The van der Waals surface area contributed by atoms with Crippen molar-refractivity contribution in [2.75, 3.05) is 13.2 Å². The number of nitrogens with one attached hydrogen (secondary N) is 3. The van der Waals surface area contributed by atoms with E-state index in [1.165, 1.54) is 0 Å². The lowest BCUT2D eigenvalue weighted by Gasteiger charge is -2.18. The number of hydrogen-bond acceptors (Lipinski definition) is 6. The molecule has 7 nitrogen and oxygen atoms in total. The van der Waals surface area contributed by atoms with Crippen LogP contribution in [-0.2, 0) is 15.1 Å². The molecule has 21 heavy (non-hydrogen) atoms. The van der Waals surface area contributed by atoms with E-state index in [0.717, 1.165) is 23.3 Å². The molecule has 1 amide bonds. The van der Waals surface area contributed by atoms with Gasteiger partial charge in [0.2, 0.25) is 0 Å². The topological polar surface area (TPSA) is 80.9 Å². The summed E-state index contributed by atoms with van der Waals surface area (Å²) in [4.78, 5) is 16.8. The first kappa shape index (κ1) is 12.9. The van der Waals surface area contributed by atoms with Gasteiger partial charge in [-0.2, -0.15) is 5.48 Å². The Morgan fingerprint density at radius 1 is 1.33 bits per heavy atom. The number of hydrogen-bond donors (Lipinski definition) is 3. The van der Waals surface area contributed by atoms with E-state index in [-0.39, 0.29) is 12.4 Å². The van der Waals surface area contributed by atoms with Crippen LogP contribution in [0, 0.1) is 0 Å². The normalized spacial score (nSPS) is 33.7. The van der Waals surface area contributed by atoms with Crippen molar-refractivity contribution in [1.82, 2.24) is 16.1 Å². The molecular formula is C14H17N3O4. The monoisotopic (exact) mass is 291 g/mol. The third-order valence-corrected chi connectivity index (χ3v) is 4.17. The fraction of sp³-hybridized carbons (Fsp3) is 0.500. The zero-order chi connectivity index (χ0) is 14.4. The van der Waals surface area contributed by atoms with Crippen LogP contribution in [0.2, 0.25) is 0 Å². The summed E-state index contributed by atoms with van der Waals surface area (Å²) in [6.45, 7) is 2.76.